The number of likely N-dealkylation sites (N-methyl/N-ethyl adjacent to an activating group) is 1. The van der Waals surface area contributed by atoms with E-state index in [1.165, 1.54) is 6.33 Å². The number of hydrogen-bond donors (Lipinski definition) is 0. The third kappa shape index (κ3) is 2.90. The van der Waals surface area contributed by atoms with E-state index in [2.05, 4.69) is 4.98 Å². The average molecular weight is 209 g/mol. The van der Waals surface area contributed by atoms with Crippen molar-refractivity contribution in [3.8, 4) is 0 Å². The topological polar surface area (TPSA) is 55.2 Å². The molecule has 0 radical (unpaired) electrons. The molecule has 1 rings (SSSR count). The number of aldehydes is 1. The van der Waals surface area contributed by atoms with Crippen LogP contribution >= 0.6 is 0 Å². The van der Waals surface area contributed by atoms with Crippen molar-refractivity contribution in [3.05, 3.63) is 18.2 Å². The maximum absolute atomic E-state index is 11.7. The van der Waals surface area contributed by atoms with Crippen LogP contribution in [0.5, 0.6) is 0 Å². The van der Waals surface area contributed by atoms with E-state index in [-0.39, 0.29) is 12.5 Å². The quantitative estimate of drug-likeness (QED) is 0.666. The smallest absolute Gasteiger partial charge is 0.242 e. The van der Waals surface area contributed by atoms with Gasteiger partial charge in [-0.25, -0.2) is 4.98 Å². The van der Waals surface area contributed by atoms with E-state index in [4.69, 9.17) is 0 Å². The lowest BCUT2D eigenvalue weighted by atomic mass is 10.4. The monoisotopic (exact) mass is 209 g/mol. The van der Waals surface area contributed by atoms with E-state index >= 15 is 0 Å². The Morgan fingerprint density at radius 3 is 2.67 bits per heavy atom. The highest BCUT2D eigenvalue weighted by atomic mass is 16.2. The summed E-state index contributed by atoms with van der Waals surface area (Å²) >= 11 is 0. The van der Waals surface area contributed by atoms with Crippen molar-refractivity contribution in [1.82, 2.24) is 14.5 Å². The molecule has 15 heavy (non-hydrogen) atoms. The number of carbonyl (C=O) groups is 2. The van der Waals surface area contributed by atoms with Gasteiger partial charge in [0, 0.05) is 19.3 Å². The van der Waals surface area contributed by atoms with Crippen molar-refractivity contribution in [2.45, 2.75) is 20.4 Å². The molecule has 0 bridgehead atoms. The lowest BCUT2D eigenvalue weighted by molar-refractivity contribution is -0.131. The summed E-state index contributed by atoms with van der Waals surface area (Å²) < 4.78 is 1.62. The van der Waals surface area contributed by atoms with Crippen molar-refractivity contribution in [2.24, 2.45) is 0 Å². The SMILES string of the molecule is CCN(CC)C(=O)Cn1cnc(C=O)c1. The molecule has 0 aliphatic carbocycles. The molecule has 1 aromatic heterocycles. The van der Waals surface area contributed by atoms with Crippen molar-refractivity contribution < 1.29 is 9.59 Å². The molecule has 0 unspecified atom stereocenters. The molecule has 0 atom stereocenters. The van der Waals surface area contributed by atoms with Gasteiger partial charge in [0.05, 0.1) is 6.33 Å². The summed E-state index contributed by atoms with van der Waals surface area (Å²) in [5, 5.41) is 0. The first-order valence-corrected chi connectivity index (χ1v) is 4.96. The molecule has 0 aromatic carbocycles. The third-order valence-corrected chi connectivity index (χ3v) is 2.21. The van der Waals surface area contributed by atoms with Crippen LogP contribution in [-0.2, 0) is 11.3 Å². The molecule has 0 aliphatic heterocycles. The van der Waals surface area contributed by atoms with Gasteiger partial charge in [-0.15, -0.1) is 0 Å². The molecule has 1 heterocycles. The van der Waals surface area contributed by atoms with Crippen LogP contribution in [0.25, 0.3) is 0 Å². The number of carbonyl (C=O) groups excluding carboxylic acids is 2. The molecule has 1 aromatic rings. The Hall–Kier alpha value is -1.65. The van der Waals surface area contributed by atoms with Crippen molar-refractivity contribution in [3.63, 3.8) is 0 Å². The molecule has 0 fully saturated rings. The van der Waals surface area contributed by atoms with Crippen LogP contribution < -0.4 is 0 Å². The summed E-state index contributed by atoms with van der Waals surface area (Å²) in [5.74, 6) is 0.0369. The molecule has 0 saturated carbocycles. The first-order valence-electron chi connectivity index (χ1n) is 4.96. The van der Waals surface area contributed by atoms with E-state index in [1.54, 1.807) is 15.7 Å². The number of nitrogens with zero attached hydrogens (tertiary/aromatic N) is 3. The first-order chi connectivity index (χ1) is 7.21. The number of imidazole rings is 1. The van der Waals surface area contributed by atoms with Gasteiger partial charge >= 0.3 is 0 Å². The van der Waals surface area contributed by atoms with Crippen molar-refractivity contribution >= 4 is 12.2 Å². The predicted molar refractivity (Wildman–Crippen MR) is 55.5 cm³/mol. The summed E-state index contributed by atoms with van der Waals surface area (Å²) in [6, 6.07) is 0. The molecule has 1 amide bonds. The van der Waals surface area contributed by atoms with Crippen LogP contribution in [-0.4, -0.2) is 39.7 Å². The zero-order chi connectivity index (χ0) is 11.3. The summed E-state index contributed by atoms with van der Waals surface area (Å²) in [7, 11) is 0. The van der Waals surface area contributed by atoms with Crippen LogP contribution in [0.15, 0.2) is 12.5 Å². The summed E-state index contributed by atoms with van der Waals surface area (Å²) in [5.41, 5.74) is 0.349. The van der Waals surface area contributed by atoms with Crippen LogP contribution in [0.3, 0.4) is 0 Å². The number of rotatable bonds is 5. The maximum atomic E-state index is 11.7. The van der Waals surface area contributed by atoms with E-state index < -0.39 is 0 Å². The van der Waals surface area contributed by atoms with Gasteiger partial charge in [0.2, 0.25) is 5.91 Å². The summed E-state index contributed by atoms with van der Waals surface area (Å²) in [6.07, 6.45) is 3.72. The van der Waals surface area contributed by atoms with Crippen LogP contribution in [0.2, 0.25) is 0 Å². The fourth-order valence-electron chi connectivity index (χ4n) is 1.36. The molecular formula is C10H15N3O2. The Labute approximate surface area is 88.7 Å². The minimum absolute atomic E-state index is 0.0369. The highest BCUT2D eigenvalue weighted by molar-refractivity contribution is 5.76. The second-order valence-corrected chi connectivity index (χ2v) is 3.15. The highest BCUT2D eigenvalue weighted by Gasteiger charge is 2.10. The first kappa shape index (κ1) is 11.4. The Bertz CT molecular complexity index is 342. The third-order valence-electron chi connectivity index (χ3n) is 2.21. The van der Waals surface area contributed by atoms with Crippen molar-refractivity contribution in [2.75, 3.05) is 13.1 Å². The molecule has 0 saturated heterocycles. The molecule has 5 heteroatoms. The van der Waals surface area contributed by atoms with E-state index in [0.717, 1.165) is 0 Å². The molecule has 82 valence electrons. The Morgan fingerprint density at radius 1 is 1.53 bits per heavy atom. The van der Waals surface area contributed by atoms with E-state index in [9.17, 15) is 9.59 Å². The fraction of sp³-hybridized carbons (Fsp3) is 0.500. The Morgan fingerprint density at radius 2 is 2.20 bits per heavy atom. The normalized spacial score (nSPS) is 10.0. The highest BCUT2D eigenvalue weighted by Crippen LogP contribution is 1.96. The van der Waals surface area contributed by atoms with Gasteiger partial charge in [-0.2, -0.15) is 0 Å². The van der Waals surface area contributed by atoms with Crippen LogP contribution in [0.1, 0.15) is 24.3 Å². The van der Waals surface area contributed by atoms with Crippen LogP contribution in [0.4, 0.5) is 0 Å². The van der Waals surface area contributed by atoms with Gasteiger partial charge in [0.1, 0.15) is 12.2 Å². The summed E-state index contributed by atoms with van der Waals surface area (Å²) in [6.45, 7) is 5.51. The number of aromatic nitrogens is 2. The largest absolute Gasteiger partial charge is 0.342 e. The zero-order valence-electron chi connectivity index (χ0n) is 9.01. The Balaban J connectivity index is 2.61. The van der Waals surface area contributed by atoms with Gasteiger partial charge in [-0.3, -0.25) is 9.59 Å². The number of hydrogen-bond acceptors (Lipinski definition) is 3. The van der Waals surface area contributed by atoms with E-state index in [1.807, 2.05) is 13.8 Å². The lowest BCUT2D eigenvalue weighted by Gasteiger charge is -2.18. The minimum Gasteiger partial charge on any atom is -0.342 e. The van der Waals surface area contributed by atoms with Gasteiger partial charge in [-0.05, 0) is 13.8 Å². The molecule has 0 N–H and O–H groups in total. The molecule has 0 aliphatic rings. The van der Waals surface area contributed by atoms with E-state index in [0.29, 0.717) is 25.1 Å². The molecule has 0 spiro atoms. The summed E-state index contributed by atoms with van der Waals surface area (Å²) in [4.78, 5) is 27.6. The van der Waals surface area contributed by atoms with Crippen molar-refractivity contribution in [1.29, 1.82) is 0 Å². The standard InChI is InChI=1S/C10H15N3O2/c1-3-13(4-2)10(15)6-12-5-9(7-14)11-8-12/h5,7-8H,3-4,6H2,1-2H3. The lowest BCUT2D eigenvalue weighted by Crippen LogP contribution is -2.33. The average Bonchev–Trinajstić information content (AvgIpc) is 2.67. The second-order valence-electron chi connectivity index (χ2n) is 3.15. The van der Waals surface area contributed by atoms with Gasteiger partial charge in [0.15, 0.2) is 6.29 Å². The second kappa shape index (κ2) is 5.29. The number of amides is 1. The predicted octanol–water partition coefficient (Wildman–Crippen LogP) is 0.564. The fourth-order valence-corrected chi connectivity index (χ4v) is 1.36. The maximum Gasteiger partial charge on any atom is 0.242 e. The van der Waals surface area contributed by atoms with Gasteiger partial charge < -0.3 is 9.47 Å². The zero-order valence-corrected chi connectivity index (χ0v) is 9.01. The van der Waals surface area contributed by atoms with Crippen LogP contribution in [0, 0.1) is 0 Å². The van der Waals surface area contributed by atoms with Gasteiger partial charge in [-0.1, -0.05) is 0 Å². The molecular weight excluding hydrogens is 194 g/mol. The van der Waals surface area contributed by atoms with Gasteiger partial charge in [0.25, 0.3) is 0 Å². The molecule has 5 nitrogen and oxygen atoms in total. The minimum atomic E-state index is 0.0369. The Kier molecular flexibility index (Phi) is 4.03.